The molecule has 3 aliphatic heterocycles. The minimum Gasteiger partial charge on any atom is -0.493 e. The van der Waals surface area contributed by atoms with Crippen LogP contribution in [0.1, 0.15) is 34.3 Å². The van der Waals surface area contributed by atoms with Crippen LogP contribution in [0.15, 0.2) is 60.7 Å². The van der Waals surface area contributed by atoms with E-state index in [1.807, 2.05) is 30.3 Å². The first kappa shape index (κ1) is 36.3. The highest BCUT2D eigenvalue weighted by Crippen LogP contribution is 2.42. The number of carbonyl (C=O) groups is 3. The van der Waals surface area contributed by atoms with Gasteiger partial charge in [-0.1, -0.05) is 36.4 Å². The molecule has 0 bridgehead atoms. The Morgan fingerprint density at radius 3 is 2.38 bits per heavy atom. The summed E-state index contributed by atoms with van der Waals surface area (Å²) in [7, 11) is 1.40. The maximum atomic E-state index is 13.8. The Hall–Kier alpha value is -5.53. The Bertz CT molecular complexity index is 1840. The number of rotatable bonds is 10. The van der Waals surface area contributed by atoms with Gasteiger partial charge in [-0.2, -0.15) is 0 Å². The number of benzene rings is 3. The maximum Gasteiger partial charge on any atom is 0.416 e. The van der Waals surface area contributed by atoms with Gasteiger partial charge in [-0.15, -0.1) is 0 Å². The molecule has 2 amide bonds. The SMILES string of the molecule is COc1cc2c(cc1OCc1ccccc1)N(C(=O)OCc1ccc(O[C@@H]3O[C@H](C(=O)O)[C@@H](O)[C@H](O)[C@H]3O)c([N+](=O)[O-])c1)C(O)[C@@H]1CCCN1C2=O. The van der Waals surface area contributed by atoms with Crippen LogP contribution in [0.5, 0.6) is 17.2 Å². The van der Waals surface area contributed by atoms with Gasteiger partial charge < -0.3 is 54.1 Å². The number of carbonyl (C=O) groups excluding carboxylic acids is 2. The van der Waals surface area contributed by atoms with Crippen LogP contribution in [-0.2, 0) is 27.5 Å². The van der Waals surface area contributed by atoms with Gasteiger partial charge in [0, 0.05) is 18.7 Å². The van der Waals surface area contributed by atoms with Crippen LogP contribution in [0.25, 0.3) is 0 Å². The van der Waals surface area contributed by atoms with Gasteiger partial charge in [0.15, 0.2) is 29.6 Å². The summed E-state index contributed by atoms with van der Waals surface area (Å²) >= 11 is 0. The summed E-state index contributed by atoms with van der Waals surface area (Å²) in [5, 5.41) is 63.1. The highest BCUT2D eigenvalue weighted by molar-refractivity contribution is 6.06. The summed E-state index contributed by atoms with van der Waals surface area (Å²) in [5.41, 5.74) is 0.267. The van der Waals surface area contributed by atoms with Crippen LogP contribution in [0.4, 0.5) is 16.2 Å². The molecule has 7 atom stereocenters. The lowest BCUT2D eigenvalue weighted by molar-refractivity contribution is -0.387. The number of hydrogen-bond acceptors (Lipinski definition) is 14. The van der Waals surface area contributed by atoms with Gasteiger partial charge in [0.1, 0.15) is 31.5 Å². The summed E-state index contributed by atoms with van der Waals surface area (Å²) in [6.45, 7) is -0.0867. The van der Waals surface area contributed by atoms with E-state index in [4.69, 9.17) is 23.7 Å². The molecule has 0 aliphatic carbocycles. The number of amides is 2. The number of hydrogen-bond donors (Lipinski definition) is 5. The van der Waals surface area contributed by atoms with Gasteiger partial charge in [0.25, 0.3) is 5.91 Å². The zero-order valence-electron chi connectivity index (χ0n) is 27.5. The predicted molar refractivity (Wildman–Crippen MR) is 175 cm³/mol. The molecule has 3 aromatic carbocycles. The van der Waals surface area contributed by atoms with E-state index in [-0.39, 0.29) is 34.9 Å². The van der Waals surface area contributed by atoms with Crippen LogP contribution < -0.4 is 19.1 Å². The van der Waals surface area contributed by atoms with Gasteiger partial charge in [-0.05, 0) is 36.1 Å². The molecule has 3 heterocycles. The number of nitro groups is 1. The molecule has 2 fully saturated rings. The van der Waals surface area contributed by atoms with Crippen LogP contribution in [0.3, 0.4) is 0 Å². The predicted octanol–water partition coefficient (Wildman–Crippen LogP) is 1.53. The lowest BCUT2D eigenvalue weighted by atomic mass is 9.99. The smallest absolute Gasteiger partial charge is 0.416 e. The Morgan fingerprint density at radius 2 is 1.69 bits per heavy atom. The van der Waals surface area contributed by atoms with Crippen molar-refractivity contribution in [2.24, 2.45) is 0 Å². The standard InChI is InChI=1S/C34H35N3O15/c1-48-24-13-19-21(14-25(24)49-15-17-6-3-2-4-7-17)36(31(42)20-8-5-11-35(20)30(19)41)34(45)50-16-18-9-10-23(22(12-18)37(46)47)51-33-28(40)26(38)27(39)29(52-33)32(43)44/h2-4,6-7,9-10,12-14,20,26-29,31,33,38-40,42H,5,8,11,15-16H2,1H3,(H,43,44)/t20-,26-,27-,28+,29-,31?,33+/m0/s1. The Kier molecular flexibility index (Phi) is 10.4. The van der Waals surface area contributed by atoms with Gasteiger partial charge in [0.05, 0.1) is 29.3 Å². The van der Waals surface area contributed by atoms with E-state index in [0.717, 1.165) is 22.6 Å². The number of methoxy groups -OCH3 is 1. The molecule has 0 saturated carbocycles. The van der Waals surface area contributed by atoms with Crippen LogP contribution in [0.2, 0.25) is 0 Å². The summed E-state index contributed by atoms with van der Waals surface area (Å²) in [6, 6.07) is 14.7. The fourth-order valence-corrected chi connectivity index (χ4v) is 6.34. The number of ether oxygens (including phenoxy) is 5. The minimum absolute atomic E-state index is 0.00602. The highest BCUT2D eigenvalue weighted by atomic mass is 16.7. The van der Waals surface area contributed by atoms with Crippen LogP contribution in [0, 0.1) is 10.1 Å². The van der Waals surface area contributed by atoms with E-state index in [1.54, 1.807) is 0 Å². The molecular weight excluding hydrogens is 690 g/mol. The minimum atomic E-state index is -2.00. The molecule has 3 aliphatic rings. The number of aliphatic hydroxyl groups is 4. The number of carboxylic acid groups (broad SMARTS) is 1. The second-order valence-corrected chi connectivity index (χ2v) is 12.3. The molecule has 5 N–H and O–H groups in total. The Morgan fingerprint density at radius 1 is 0.942 bits per heavy atom. The lowest BCUT2D eigenvalue weighted by Gasteiger charge is -2.38. The fourth-order valence-electron chi connectivity index (χ4n) is 6.34. The molecule has 0 radical (unpaired) electrons. The zero-order valence-corrected chi connectivity index (χ0v) is 27.5. The molecule has 6 rings (SSSR count). The molecule has 2 saturated heterocycles. The van der Waals surface area contributed by atoms with E-state index in [9.17, 15) is 50.0 Å². The number of nitro benzene ring substituents is 1. The quantitative estimate of drug-likeness (QED) is 0.147. The fraction of sp³-hybridized carbons (Fsp3) is 0.382. The molecule has 276 valence electrons. The van der Waals surface area contributed by atoms with E-state index < -0.39 is 83.9 Å². The molecule has 1 unspecified atom stereocenters. The number of anilines is 1. The van der Waals surface area contributed by atoms with E-state index in [0.29, 0.717) is 19.4 Å². The summed E-state index contributed by atoms with van der Waals surface area (Å²) in [5.74, 6) is -2.20. The van der Waals surface area contributed by atoms with Crippen molar-refractivity contribution in [2.45, 2.75) is 69.0 Å². The van der Waals surface area contributed by atoms with Crippen molar-refractivity contribution in [2.75, 3.05) is 18.6 Å². The summed E-state index contributed by atoms with van der Waals surface area (Å²) in [6.07, 6.45) is -11.5. The van der Waals surface area contributed by atoms with Crippen molar-refractivity contribution >= 4 is 29.3 Å². The van der Waals surface area contributed by atoms with Crippen molar-refractivity contribution < 1.29 is 68.5 Å². The number of carboxylic acids is 1. The van der Waals surface area contributed by atoms with E-state index >= 15 is 0 Å². The Balaban J connectivity index is 1.25. The third-order valence-electron chi connectivity index (χ3n) is 9.01. The first-order valence-electron chi connectivity index (χ1n) is 16.1. The number of nitrogens with zero attached hydrogens (tertiary/aromatic N) is 3. The molecular formula is C34H35N3O15. The second kappa shape index (κ2) is 15.0. The maximum absolute atomic E-state index is 13.8. The van der Waals surface area contributed by atoms with Gasteiger partial charge >= 0.3 is 17.7 Å². The van der Waals surface area contributed by atoms with Gasteiger partial charge in [-0.25, -0.2) is 14.5 Å². The molecule has 3 aromatic rings. The summed E-state index contributed by atoms with van der Waals surface area (Å²) in [4.78, 5) is 52.5. The topological polar surface area (TPSA) is 248 Å². The van der Waals surface area contributed by atoms with E-state index in [1.165, 1.54) is 30.2 Å². The van der Waals surface area contributed by atoms with Crippen molar-refractivity contribution in [3.8, 4) is 17.2 Å². The first-order chi connectivity index (χ1) is 24.9. The molecule has 0 aromatic heterocycles. The first-order valence-corrected chi connectivity index (χ1v) is 16.1. The number of aliphatic hydroxyl groups excluding tert-OH is 4. The number of fused-ring (bicyclic) bond motifs is 2. The average molecular weight is 726 g/mol. The second-order valence-electron chi connectivity index (χ2n) is 12.3. The Labute approximate surface area is 295 Å². The highest BCUT2D eigenvalue weighted by Gasteiger charge is 2.49. The molecule has 0 spiro atoms. The third-order valence-corrected chi connectivity index (χ3v) is 9.01. The van der Waals surface area contributed by atoms with Crippen molar-refractivity contribution in [3.05, 3.63) is 87.5 Å². The van der Waals surface area contributed by atoms with Crippen molar-refractivity contribution in [1.82, 2.24) is 4.90 Å². The normalized spacial score (nSPS) is 25.4. The van der Waals surface area contributed by atoms with Crippen molar-refractivity contribution in [1.29, 1.82) is 0 Å². The van der Waals surface area contributed by atoms with Crippen LogP contribution in [-0.4, -0.2) is 110 Å². The molecule has 18 heteroatoms. The van der Waals surface area contributed by atoms with Gasteiger partial charge in [0.2, 0.25) is 6.29 Å². The van der Waals surface area contributed by atoms with Gasteiger partial charge in [-0.3, -0.25) is 14.9 Å². The molecule has 52 heavy (non-hydrogen) atoms. The number of aliphatic carboxylic acids is 1. The van der Waals surface area contributed by atoms with E-state index in [2.05, 4.69) is 0 Å². The zero-order chi connectivity index (χ0) is 37.3. The lowest BCUT2D eigenvalue weighted by Crippen LogP contribution is -2.61. The van der Waals surface area contributed by atoms with Crippen LogP contribution >= 0.6 is 0 Å². The summed E-state index contributed by atoms with van der Waals surface area (Å²) < 4.78 is 27.5. The average Bonchev–Trinajstić information content (AvgIpc) is 3.61. The van der Waals surface area contributed by atoms with Crippen molar-refractivity contribution in [3.63, 3.8) is 0 Å². The largest absolute Gasteiger partial charge is 0.493 e. The monoisotopic (exact) mass is 725 g/mol. The molecule has 18 nitrogen and oxygen atoms in total. The third kappa shape index (κ3) is 7.01.